The maximum Gasteiger partial charge on any atom is 0.144 e. The van der Waals surface area contributed by atoms with Gasteiger partial charge in [-0.1, -0.05) is 27.2 Å². The largest absolute Gasteiger partial charge is 0.384 e. The number of hydrogen-bond acceptors (Lipinski definition) is 4. The number of nitrogen functional groups attached to an aromatic ring is 1. The first-order chi connectivity index (χ1) is 7.53. The lowest BCUT2D eigenvalue weighted by Crippen LogP contribution is -2.29. The summed E-state index contributed by atoms with van der Waals surface area (Å²) in [6.07, 6.45) is 4.12. The second-order valence-electron chi connectivity index (χ2n) is 4.92. The van der Waals surface area contributed by atoms with E-state index in [0.717, 1.165) is 12.4 Å². The molecule has 0 aliphatic heterocycles. The van der Waals surface area contributed by atoms with E-state index in [9.17, 15) is 0 Å². The first-order valence-corrected chi connectivity index (χ1v) is 5.81. The van der Waals surface area contributed by atoms with Crippen LogP contribution in [0.5, 0.6) is 0 Å². The fourth-order valence-electron chi connectivity index (χ4n) is 1.78. The van der Waals surface area contributed by atoms with Crippen LogP contribution in [-0.2, 0) is 6.54 Å². The third-order valence-electron chi connectivity index (χ3n) is 2.54. The highest BCUT2D eigenvalue weighted by Crippen LogP contribution is 2.20. The Morgan fingerprint density at radius 3 is 2.81 bits per heavy atom. The molecule has 0 aliphatic rings. The maximum absolute atomic E-state index is 5.58. The maximum atomic E-state index is 5.58. The minimum absolute atomic E-state index is 0.328. The highest BCUT2D eigenvalue weighted by Gasteiger charge is 2.15. The van der Waals surface area contributed by atoms with Crippen LogP contribution in [-0.4, -0.2) is 16.5 Å². The SMILES string of the molecule is CCCC(C)(C)CNCc1nccc(N)n1. The van der Waals surface area contributed by atoms with Crippen LogP contribution >= 0.6 is 0 Å². The van der Waals surface area contributed by atoms with Gasteiger partial charge in [0, 0.05) is 12.7 Å². The van der Waals surface area contributed by atoms with Crippen molar-refractivity contribution in [1.29, 1.82) is 0 Å². The van der Waals surface area contributed by atoms with Crippen molar-refractivity contribution < 1.29 is 0 Å². The molecular weight excluding hydrogens is 200 g/mol. The van der Waals surface area contributed by atoms with Crippen LogP contribution in [0.4, 0.5) is 5.82 Å². The zero-order valence-corrected chi connectivity index (χ0v) is 10.5. The Hall–Kier alpha value is -1.16. The Balaban J connectivity index is 2.35. The minimum atomic E-state index is 0.328. The van der Waals surface area contributed by atoms with Crippen molar-refractivity contribution in [1.82, 2.24) is 15.3 Å². The summed E-state index contributed by atoms with van der Waals surface area (Å²) in [7, 11) is 0. The van der Waals surface area contributed by atoms with Gasteiger partial charge in [0.25, 0.3) is 0 Å². The van der Waals surface area contributed by atoms with Crippen LogP contribution in [0.1, 0.15) is 39.4 Å². The molecule has 0 spiro atoms. The Bertz CT molecular complexity index is 323. The molecule has 0 bridgehead atoms. The van der Waals surface area contributed by atoms with Gasteiger partial charge >= 0.3 is 0 Å². The van der Waals surface area contributed by atoms with Gasteiger partial charge in [-0.05, 0) is 17.9 Å². The van der Waals surface area contributed by atoms with E-state index in [1.54, 1.807) is 12.3 Å². The molecule has 0 amide bonds. The number of nitrogens with one attached hydrogen (secondary N) is 1. The van der Waals surface area contributed by atoms with Crippen LogP contribution in [0, 0.1) is 5.41 Å². The van der Waals surface area contributed by atoms with Crippen LogP contribution < -0.4 is 11.1 Å². The number of anilines is 1. The van der Waals surface area contributed by atoms with Gasteiger partial charge in [-0.15, -0.1) is 0 Å². The molecule has 0 saturated carbocycles. The van der Waals surface area contributed by atoms with E-state index in [4.69, 9.17) is 5.73 Å². The molecule has 1 heterocycles. The molecule has 0 atom stereocenters. The van der Waals surface area contributed by atoms with Crippen LogP contribution in [0.3, 0.4) is 0 Å². The monoisotopic (exact) mass is 222 g/mol. The third kappa shape index (κ3) is 4.57. The molecule has 0 fully saturated rings. The molecule has 0 unspecified atom stereocenters. The van der Waals surface area contributed by atoms with Crippen molar-refractivity contribution >= 4 is 5.82 Å². The molecular formula is C12H22N4. The fourth-order valence-corrected chi connectivity index (χ4v) is 1.78. The van der Waals surface area contributed by atoms with Gasteiger partial charge < -0.3 is 11.1 Å². The lowest BCUT2D eigenvalue weighted by molar-refractivity contribution is 0.309. The second-order valence-corrected chi connectivity index (χ2v) is 4.92. The smallest absolute Gasteiger partial charge is 0.144 e. The quantitative estimate of drug-likeness (QED) is 0.772. The van der Waals surface area contributed by atoms with Crippen molar-refractivity contribution in [3.05, 3.63) is 18.1 Å². The lowest BCUT2D eigenvalue weighted by atomic mass is 9.88. The third-order valence-corrected chi connectivity index (χ3v) is 2.54. The molecule has 16 heavy (non-hydrogen) atoms. The molecule has 1 aromatic heterocycles. The van der Waals surface area contributed by atoms with Crippen molar-refractivity contribution in [3.63, 3.8) is 0 Å². The van der Waals surface area contributed by atoms with Gasteiger partial charge in [0.15, 0.2) is 0 Å². The zero-order valence-electron chi connectivity index (χ0n) is 10.5. The Labute approximate surface area is 97.7 Å². The van der Waals surface area contributed by atoms with E-state index in [1.807, 2.05) is 0 Å². The number of nitrogens with two attached hydrogens (primary N) is 1. The van der Waals surface area contributed by atoms with Gasteiger partial charge in [0.05, 0.1) is 6.54 Å². The molecule has 90 valence electrons. The molecule has 4 heteroatoms. The van der Waals surface area contributed by atoms with E-state index in [0.29, 0.717) is 17.8 Å². The zero-order chi connectivity index (χ0) is 12.0. The number of hydrogen-bond donors (Lipinski definition) is 2. The molecule has 1 rings (SSSR count). The number of rotatable bonds is 6. The molecule has 0 aromatic carbocycles. The molecule has 3 N–H and O–H groups in total. The van der Waals surface area contributed by atoms with Gasteiger partial charge in [0.2, 0.25) is 0 Å². The molecule has 4 nitrogen and oxygen atoms in total. The van der Waals surface area contributed by atoms with E-state index >= 15 is 0 Å². The summed E-state index contributed by atoms with van der Waals surface area (Å²) in [6.45, 7) is 8.40. The van der Waals surface area contributed by atoms with Crippen molar-refractivity contribution in [3.8, 4) is 0 Å². The molecule has 1 aromatic rings. The fraction of sp³-hybridized carbons (Fsp3) is 0.667. The molecule has 0 saturated heterocycles. The predicted octanol–water partition coefficient (Wildman–Crippen LogP) is 1.97. The van der Waals surface area contributed by atoms with Crippen molar-refractivity contribution in [2.45, 2.75) is 40.2 Å². The molecule has 0 radical (unpaired) electrons. The van der Waals surface area contributed by atoms with Crippen LogP contribution in [0.2, 0.25) is 0 Å². The van der Waals surface area contributed by atoms with E-state index in [1.165, 1.54) is 12.8 Å². The number of nitrogens with zero attached hydrogens (tertiary/aromatic N) is 2. The van der Waals surface area contributed by atoms with Crippen molar-refractivity contribution in [2.24, 2.45) is 5.41 Å². The average molecular weight is 222 g/mol. The minimum Gasteiger partial charge on any atom is -0.384 e. The molecule has 0 aliphatic carbocycles. The summed E-state index contributed by atoms with van der Waals surface area (Å²) < 4.78 is 0. The first-order valence-electron chi connectivity index (χ1n) is 5.81. The van der Waals surface area contributed by atoms with E-state index in [2.05, 4.69) is 36.1 Å². The topological polar surface area (TPSA) is 63.8 Å². The normalized spacial score (nSPS) is 11.7. The Morgan fingerprint density at radius 2 is 2.19 bits per heavy atom. The predicted molar refractivity (Wildman–Crippen MR) is 66.8 cm³/mol. The first kappa shape index (κ1) is 12.9. The van der Waals surface area contributed by atoms with Gasteiger partial charge in [-0.2, -0.15) is 0 Å². The summed E-state index contributed by atoms with van der Waals surface area (Å²) in [5.74, 6) is 1.28. The van der Waals surface area contributed by atoms with Gasteiger partial charge in [0.1, 0.15) is 11.6 Å². The summed E-state index contributed by atoms with van der Waals surface area (Å²) in [4.78, 5) is 8.29. The summed E-state index contributed by atoms with van der Waals surface area (Å²) in [6, 6.07) is 1.70. The summed E-state index contributed by atoms with van der Waals surface area (Å²) in [5, 5.41) is 3.37. The van der Waals surface area contributed by atoms with Crippen molar-refractivity contribution in [2.75, 3.05) is 12.3 Å². The second kappa shape index (κ2) is 5.80. The van der Waals surface area contributed by atoms with Crippen LogP contribution in [0.15, 0.2) is 12.3 Å². The highest BCUT2D eigenvalue weighted by molar-refractivity contribution is 5.24. The lowest BCUT2D eigenvalue weighted by Gasteiger charge is -2.24. The Morgan fingerprint density at radius 1 is 1.44 bits per heavy atom. The van der Waals surface area contributed by atoms with Gasteiger partial charge in [-0.25, -0.2) is 9.97 Å². The van der Waals surface area contributed by atoms with Gasteiger partial charge in [-0.3, -0.25) is 0 Å². The highest BCUT2D eigenvalue weighted by atomic mass is 15.0. The van der Waals surface area contributed by atoms with Crippen LogP contribution in [0.25, 0.3) is 0 Å². The van der Waals surface area contributed by atoms with E-state index < -0.39 is 0 Å². The standard InChI is InChI=1S/C12H22N4/c1-4-6-12(2,3)9-14-8-11-15-7-5-10(13)16-11/h5,7,14H,4,6,8-9H2,1-3H3,(H2,13,15,16). The Kier molecular flexibility index (Phi) is 4.68. The summed E-state index contributed by atoms with van der Waals surface area (Å²) in [5.41, 5.74) is 5.91. The summed E-state index contributed by atoms with van der Waals surface area (Å²) >= 11 is 0. The van der Waals surface area contributed by atoms with E-state index in [-0.39, 0.29) is 0 Å². The number of aromatic nitrogens is 2. The average Bonchev–Trinajstić information content (AvgIpc) is 2.17.